The highest BCUT2D eigenvalue weighted by atomic mass is 32.1. The van der Waals surface area contributed by atoms with E-state index >= 15 is 0 Å². The van der Waals surface area contributed by atoms with Gasteiger partial charge in [-0.15, -0.1) is 11.3 Å². The van der Waals surface area contributed by atoms with Gasteiger partial charge in [-0.2, -0.15) is 5.26 Å². The summed E-state index contributed by atoms with van der Waals surface area (Å²) in [6.45, 7) is 0.458. The molecule has 0 saturated carbocycles. The normalized spacial score (nSPS) is 10.2. The number of carbonyl (C=O) groups excluding carboxylic acids is 1. The van der Waals surface area contributed by atoms with E-state index < -0.39 is 0 Å². The number of hydrogen-bond donors (Lipinski definition) is 0. The van der Waals surface area contributed by atoms with Gasteiger partial charge in [0, 0.05) is 24.5 Å². The van der Waals surface area contributed by atoms with E-state index in [1.807, 2.05) is 36.4 Å². The first kappa shape index (κ1) is 17.6. The Morgan fingerprint density at radius 1 is 1.19 bits per heavy atom. The number of thiazole rings is 1. The summed E-state index contributed by atoms with van der Waals surface area (Å²) in [5.74, 6) is 0.647. The minimum Gasteiger partial charge on any atom is -0.497 e. The Kier molecular flexibility index (Phi) is 5.30. The van der Waals surface area contributed by atoms with Crippen molar-refractivity contribution in [3.63, 3.8) is 0 Å². The molecule has 0 radical (unpaired) electrons. The molecule has 0 bridgehead atoms. The molecule has 6 heteroatoms. The highest BCUT2D eigenvalue weighted by Crippen LogP contribution is 2.26. The molecule has 2 aromatic carbocycles. The molecular formula is C20H17N3O2S. The fourth-order valence-electron chi connectivity index (χ4n) is 2.46. The van der Waals surface area contributed by atoms with E-state index in [9.17, 15) is 4.79 Å². The van der Waals surface area contributed by atoms with Crippen LogP contribution in [0.2, 0.25) is 0 Å². The van der Waals surface area contributed by atoms with Gasteiger partial charge in [0.15, 0.2) is 0 Å². The number of nitriles is 1. The number of methoxy groups -OCH3 is 1. The largest absolute Gasteiger partial charge is 0.497 e. The Balaban J connectivity index is 1.70. The molecule has 3 rings (SSSR count). The van der Waals surface area contributed by atoms with Crippen LogP contribution in [0.15, 0.2) is 53.9 Å². The van der Waals surface area contributed by atoms with Gasteiger partial charge in [0.25, 0.3) is 5.91 Å². The molecule has 0 aliphatic heterocycles. The monoisotopic (exact) mass is 363 g/mol. The number of nitrogens with zero attached hydrogens (tertiary/aromatic N) is 3. The molecule has 0 N–H and O–H groups in total. The second kappa shape index (κ2) is 7.81. The third kappa shape index (κ3) is 3.90. The van der Waals surface area contributed by atoms with Crippen LogP contribution in [0.1, 0.15) is 21.6 Å². The molecular weight excluding hydrogens is 346 g/mol. The number of rotatable bonds is 5. The van der Waals surface area contributed by atoms with E-state index in [0.717, 1.165) is 21.9 Å². The number of amides is 1. The summed E-state index contributed by atoms with van der Waals surface area (Å²) < 4.78 is 5.16. The van der Waals surface area contributed by atoms with Crippen molar-refractivity contribution >= 4 is 17.2 Å². The molecule has 0 aliphatic carbocycles. The lowest BCUT2D eigenvalue weighted by atomic mass is 10.1. The van der Waals surface area contributed by atoms with Crippen molar-refractivity contribution in [2.75, 3.05) is 14.2 Å². The smallest absolute Gasteiger partial charge is 0.273 e. The lowest BCUT2D eigenvalue weighted by Gasteiger charge is -2.16. The van der Waals surface area contributed by atoms with Crippen LogP contribution in [0.25, 0.3) is 10.6 Å². The summed E-state index contributed by atoms with van der Waals surface area (Å²) in [5, 5.41) is 11.4. The minimum atomic E-state index is -0.134. The number of carbonyl (C=O) groups is 1. The van der Waals surface area contributed by atoms with Gasteiger partial charge >= 0.3 is 0 Å². The summed E-state index contributed by atoms with van der Waals surface area (Å²) in [6, 6.07) is 16.9. The predicted molar refractivity (Wildman–Crippen MR) is 101 cm³/mol. The Morgan fingerprint density at radius 3 is 2.50 bits per heavy atom. The average Bonchev–Trinajstić information content (AvgIpc) is 3.18. The van der Waals surface area contributed by atoms with Crippen LogP contribution in [0, 0.1) is 11.3 Å². The number of benzene rings is 2. The van der Waals surface area contributed by atoms with Crippen LogP contribution in [-0.4, -0.2) is 29.9 Å². The quantitative estimate of drug-likeness (QED) is 0.688. The summed E-state index contributed by atoms with van der Waals surface area (Å²) in [4.78, 5) is 18.7. The second-order valence-corrected chi connectivity index (χ2v) is 6.59. The molecule has 1 heterocycles. The number of aromatic nitrogens is 1. The van der Waals surface area contributed by atoms with E-state index in [1.165, 1.54) is 11.3 Å². The zero-order valence-electron chi connectivity index (χ0n) is 14.5. The van der Waals surface area contributed by atoms with Gasteiger partial charge in [-0.3, -0.25) is 4.79 Å². The van der Waals surface area contributed by atoms with Gasteiger partial charge in [0.05, 0.1) is 18.7 Å². The highest BCUT2D eigenvalue weighted by molar-refractivity contribution is 7.13. The molecule has 0 aliphatic rings. The van der Waals surface area contributed by atoms with Crippen molar-refractivity contribution in [3.05, 3.63) is 70.7 Å². The van der Waals surface area contributed by atoms with E-state index in [-0.39, 0.29) is 5.91 Å². The van der Waals surface area contributed by atoms with Crippen LogP contribution >= 0.6 is 11.3 Å². The fourth-order valence-corrected chi connectivity index (χ4v) is 3.26. The van der Waals surface area contributed by atoms with Crippen LogP contribution in [0.3, 0.4) is 0 Å². The standard InChI is InChI=1S/C20H17N3O2S/c1-23(12-15-5-3-14(11-21)4-6-15)20(24)18-13-26-19(22-18)16-7-9-17(25-2)10-8-16/h3-10,13H,12H2,1-2H3. The summed E-state index contributed by atoms with van der Waals surface area (Å²) in [5.41, 5.74) is 2.94. The van der Waals surface area contributed by atoms with Crippen molar-refractivity contribution in [1.82, 2.24) is 9.88 Å². The molecule has 3 aromatic rings. The van der Waals surface area contributed by atoms with Crippen molar-refractivity contribution in [1.29, 1.82) is 5.26 Å². The van der Waals surface area contributed by atoms with Crippen LogP contribution in [0.4, 0.5) is 0 Å². The molecule has 130 valence electrons. The van der Waals surface area contributed by atoms with E-state index in [2.05, 4.69) is 11.1 Å². The third-order valence-corrected chi connectivity index (χ3v) is 4.80. The maximum absolute atomic E-state index is 12.6. The minimum absolute atomic E-state index is 0.134. The van der Waals surface area contributed by atoms with Crippen LogP contribution < -0.4 is 4.74 Å². The molecule has 0 saturated heterocycles. The van der Waals surface area contributed by atoms with E-state index in [0.29, 0.717) is 17.8 Å². The first-order valence-electron chi connectivity index (χ1n) is 7.95. The molecule has 0 fully saturated rings. The van der Waals surface area contributed by atoms with Crippen molar-refractivity contribution in [3.8, 4) is 22.4 Å². The molecule has 1 aromatic heterocycles. The Labute approximate surface area is 156 Å². The summed E-state index contributed by atoms with van der Waals surface area (Å²) >= 11 is 1.44. The molecule has 26 heavy (non-hydrogen) atoms. The predicted octanol–water partition coefficient (Wildman–Crippen LogP) is 3.96. The Hall–Kier alpha value is -3.17. The zero-order chi connectivity index (χ0) is 18.5. The van der Waals surface area contributed by atoms with Crippen molar-refractivity contribution < 1.29 is 9.53 Å². The van der Waals surface area contributed by atoms with Gasteiger partial charge in [0.2, 0.25) is 0 Å². The van der Waals surface area contributed by atoms with Gasteiger partial charge in [-0.05, 0) is 42.0 Å². The van der Waals surface area contributed by atoms with E-state index in [4.69, 9.17) is 10.00 Å². The third-order valence-electron chi connectivity index (χ3n) is 3.91. The van der Waals surface area contributed by atoms with Gasteiger partial charge in [-0.1, -0.05) is 12.1 Å². The first-order valence-corrected chi connectivity index (χ1v) is 8.83. The maximum Gasteiger partial charge on any atom is 0.273 e. The van der Waals surface area contributed by atoms with Crippen LogP contribution in [0.5, 0.6) is 5.75 Å². The number of ether oxygens (including phenoxy) is 1. The lowest BCUT2D eigenvalue weighted by Crippen LogP contribution is -2.26. The average molecular weight is 363 g/mol. The molecule has 5 nitrogen and oxygen atoms in total. The topological polar surface area (TPSA) is 66.2 Å². The molecule has 0 unspecified atom stereocenters. The lowest BCUT2D eigenvalue weighted by molar-refractivity contribution is 0.0780. The molecule has 1 amide bonds. The van der Waals surface area contributed by atoms with Crippen molar-refractivity contribution in [2.45, 2.75) is 6.54 Å². The fraction of sp³-hybridized carbons (Fsp3) is 0.150. The summed E-state index contributed by atoms with van der Waals surface area (Å²) in [7, 11) is 3.37. The van der Waals surface area contributed by atoms with E-state index in [1.54, 1.807) is 36.6 Å². The summed E-state index contributed by atoms with van der Waals surface area (Å²) in [6.07, 6.45) is 0. The first-order chi connectivity index (χ1) is 12.6. The highest BCUT2D eigenvalue weighted by Gasteiger charge is 2.16. The second-order valence-electron chi connectivity index (χ2n) is 5.74. The Bertz CT molecular complexity index is 940. The molecule has 0 spiro atoms. The van der Waals surface area contributed by atoms with Crippen molar-refractivity contribution in [2.24, 2.45) is 0 Å². The maximum atomic E-state index is 12.6. The molecule has 0 atom stereocenters. The zero-order valence-corrected chi connectivity index (χ0v) is 15.3. The van der Waals surface area contributed by atoms with Crippen LogP contribution in [-0.2, 0) is 6.54 Å². The number of hydrogen-bond acceptors (Lipinski definition) is 5. The van der Waals surface area contributed by atoms with Gasteiger partial charge in [-0.25, -0.2) is 4.98 Å². The van der Waals surface area contributed by atoms with Gasteiger partial charge in [0.1, 0.15) is 16.5 Å². The SMILES string of the molecule is COc1ccc(-c2nc(C(=O)N(C)Cc3ccc(C#N)cc3)cs2)cc1. The Morgan fingerprint density at radius 2 is 1.88 bits per heavy atom. The van der Waals surface area contributed by atoms with Gasteiger partial charge < -0.3 is 9.64 Å².